The summed E-state index contributed by atoms with van der Waals surface area (Å²) in [4.78, 5) is 12.2. The van der Waals surface area contributed by atoms with Gasteiger partial charge < -0.3 is 11.1 Å². The number of carbonyl (C=O) groups excluding carboxylic acids is 1. The fourth-order valence-corrected chi connectivity index (χ4v) is 1.97. The van der Waals surface area contributed by atoms with Crippen molar-refractivity contribution in [1.82, 2.24) is 0 Å². The van der Waals surface area contributed by atoms with Gasteiger partial charge >= 0.3 is 0 Å². The maximum atomic E-state index is 12.2. The Kier molecular flexibility index (Phi) is 5.12. The van der Waals surface area contributed by atoms with Gasteiger partial charge in [0, 0.05) is 5.69 Å². The Morgan fingerprint density at radius 3 is 2.42 bits per heavy atom. The summed E-state index contributed by atoms with van der Waals surface area (Å²) in [6.45, 7) is 10.4. The van der Waals surface area contributed by atoms with Crippen LogP contribution in [0.25, 0.3) is 0 Å². The van der Waals surface area contributed by atoms with E-state index in [1.807, 2.05) is 38.1 Å². The Balaban J connectivity index is 2.92. The molecule has 0 fully saturated rings. The smallest absolute Gasteiger partial charge is 0.241 e. The highest BCUT2D eigenvalue weighted by atomic mass is 16.2. The van der Waals surface area contributed by atoms with Crippen LogP contribution in [-0.2, 0) is 10.2 Å². The number of nitrogens with one attached hydrogen (secondary N) is 1. The molecule has 1 aromatic rings. The second kappa shape index (κ2) is 6.20. The number of anilines is 1. The first-order valence-electron chi connectivity index (χ1n) is 6.93. The highest BCUT2D eigenvalue weighted by Gasteiger charge is 2.22. The molecule has 0 aromatic heterocycles. The van der Waals surface area contributed by atoms with Crippen LogP contribution in [0.4, 0.5) is 5.69 Å². The van der Waals surface area contributed by atoms with Gasteiger partial charge in [-0.05, 0) is 23.0 Å². The molecule has 3 N–H and O–H groups in total. The Morgan fingerprint density at radius 1 is 1.32 bits per heavy atom. The quantitative estimate of drug-likeness (QED) is 0.874. The first-order valence-corrected chi connectivity index (χ1v) is 6.93. The zero-order chi connectivity index (χ0) is 14.6. The molecule has 2 atom stereocenters. The average molecular weight is 262 g/mol. The Morgan fingerprint density at radius 2 is 1.89 bits per heavy atom. The predicted octanol–water partition coefficient (Wildman–Crippen LogP) is 3.30. The molecule has 0 radical (unpaired) electrons. The van der Waals surface area contributed by atoms with Crippen molar-refractivity contribution in [2.24, 2.45) is 11.7 Å². The SMILES string of the molecule is CCC(C)[C@H](N)C(=O)Nc1ccccc1C(C)(C)C. The van der Waals surface area contributed by atoms with Gasteiger partial charge in [-0.3, -0.25) is 4.79 Å². The summed E-state index contributed by atoms with van der Waals surface area (Å²) in [6.07, 6.45) is 0.898. The molecule has 0 aliphatic carbocycles. The molecule has 1 unspecified atom stereocenters. The summed E-state index contributed by atoms with van der Waals surface area (Å²) in [5.41, 5.74) is 7.94. The van der Waals surface area contributed by atoms with E-state index in [9.17, 15) is 4.79 Å². The Labute approximate surface area is 116 Å². The Bertz CT molecular complexity index is 435. The molecule has 0 bridgehead atoms. The van der Waals surface area contributed by atoms with Crippen LogP contribution in [0.2, 0.25) is 0 Å². The summed E-state index contributed by atoms with van der Waals surface area (Å²) < 4.78 is 0. The van der Waals surface area contributed by atoms with Crippen LogP contribution in [0.15, 0.2) is 24.3 Å². The number of carbonyl (C=O) groups is 1. The molecule has 0 spiro atoms. The molecule has 1 amide bonds. The molecule has 1 aromatic carbocycles. The maximum Gasteiger partial charge on any atom is 0.241 e. The zero-order valence-corrected chi connectivity index (χ0v) is 12.7. The van der Waals surface area contributed by atoms with E-state index in [1.165, 1.54) is 0 Å². The molecule has 0 saturated carbocycles. The Hall–Kier alpha value is -1.35. The minimum atomic E-state index is -0.460. The van der Waals surface area contributed by atoms with Gasteiger partial charge in [-0.1, -0.05) is 59.2 Å². The third kappa shape index (κ3) is 4.06. The molecular formula is C16H26N2O. The molecule has 0 aliphatic rings. The number of rotatable bonds is 4. The monoisotopic (exact) mass is 262 g/mol. The van der Waals surface area contributed by atoms with E-state index in [1.54, 1.807) is 0 Å². The topological polar surface area (TPSA) is 55.1 Å². The van der Waals surface area contributed by atoms with Gasteiger partial charge in [0.1, 0.15) is 0 Å². The molecule has 106 valence electrons. The van der Waals surface area contributed by atoms with Crippen molar-refractivity contribution in [3.63, 3.8) is 0 Å². The van der Waals surface area contributed by atoms with E-state index in [-0.39, 0.29) is 17.2 Å². The van der Waals surface area contributed by atoms with E-state index in [0.717, 1.165) is 17.7 Å². The number of amides is 1. The number of para-hydroxylation sites is 1. The summed E-state index contributed by atoms with van der Waals surface area (Å²) in [5, 5.41) is 2.97. The number of benzene rings is 1. The van der Waals surface area contributed by atoms with Crippen LogP contribution in [0, 0.1) is 5.92 Å². The lowest BCUT2D eigenvalue weighted by molar-refractivity contribution is -0.118. The van der Waals surface area contributed by atoms with Gasteiger partial charge in [0.05, 0.1) is 6.04 Å². The van der Waals surface area contributed by atoms with Crippen LogP contribution in [0.1, 0.15) is 46.6 Å². The minimum Gasteiger partial charge on any atom is -0.324 e. The van der Waals surface area contributed by atoms with Crippen LogP contribution in [0.5, 0.6) is 0 Å². The molecular weight excluding hydrogens is 236 g/mol. The molecule has 0 saturated heterocycles. The predicted molar refractivity (Wildman–Crippen MR) is 81.2 cm³/mol. The van der Waals surface area contributed by atoms with E-state index in [2.05, 4.69) is 26.1 Å². The lowest BCUT2D eigenvalue weighted by atomic mass is 9.85. The molecule has 19 heavy (non-hydrogen) atoms. The van der Waals surface area contributed by atoms with E-state index >= 15 is 0 Å². The summed E-state index contributed by atoms with van der Waals surface area (Å²) >= 11 is 0. The van der Waals surface area contributed by atoms with Crippen molar-refractivity contribution in [1.29, 1.82) is 0 Å². The van der Waals surface area contributed by atoms with E-state index < -0.39 is 6.04 Å². The van der Waals surface area contributed by atoms with Crippen LogP contribution in [-0.4, -0.2) is 11.9 Å². The standard InChI is InChI=1S/C16H26N2O/c1-6-11(2)14(17)15(19)18-13-10-8-7-9-12(13)16(3,4)5/h7-11,14H,6,17H2,1-5H3,(H,18,19)/t11?,14-/m0/s1. The second-order valence-electron chi connectivity index (χ2n) is 6.20. The van der Waals surface area contributed by atoms with Crippen molar-refractivity contribution in [3.8, 4) is 0 Å². The van der Waals surface area contributed by atoms with Gasteiger partial charge in [0.15, 0.2) is 0 Å². The van der Waals surface area contributed by atoms with Gasteiger partial charge in [-0.15, -0.1) is 0 Å². The fraction of sp³-hybridized carbons (Fsp3) is 0.562. The molecule has 3 heteroatoms. The summed E-state index contributed by atoms with van der Waals surface area (Å²) in [5.74, 6) is 0.0767. The fourth-order valence-electron chi connectivity index (χ4n) is 1.97. The molecule has 3 nitrogen and oxygen atoms in total. The molecule has 0 aliphatic heterocycles. The third-order valence-corrected chi connectivity index (χ3v) is 3.55. The van der Waals surface area contributed by atoms with Gasteiger partial charge in [-0.2, -0.15) is 0 Å². The average Bonchev–Trinajstić information content (AvgIpc) is 2.36. The van der Waals surface area contributed by atoms with Crippen LogP contribution < -0.4 is 11.1 Å². The highest BCUT2D eigenvalue weighted by molar-refractivity contribution is 5.95. The molecule has 1 rings (SSSR count). The lowest BCUT2D eigenvalue weighted by Crippen LogP contribution is -2.41. The van der Waals surface area contributed by atoms with Crippen molar-refractivity contribution < 1.29 is 4.79 Å². The van der Waals surface area contributed by atoms with Crippen molar-refractivity contribution in [2.75, 3.05) is 5.32 Å². The van der Waals surface area contributed by atoms with Crippen LogP contribution >= 0.6 is 0 Å². The summed E-state index contributed by atoms with van der Waals surface area (Å²) in [7, 11) is 0. The van der Waals surface area contributed by atoms with Gasteiger partial charge in [0.25, 0.3) is 0 Å². The maximum absolute atomic E-state index is 12.2. The summed E-state index contributed by atoms with van der Waals surface area (Å²) in [6, 6.07) is 7.44. The highest BCUT2D eigenvalue weighted by Crippen LogP contribution is 2.29. The first-order chi connectivity index (χ1) is 8.77. The second-order valence-corrected chi connectivity index (χ2v) is 6.20. The minimum absolute atomic E-state index is 0.00958. The third-order valence-electron chi connectivity index (χ3n) is 3.55. The largest absolute Gasteiger partial charge is 0.324 e. The normalized spacial score (nSPS) is 14.8. The van der Waals surface area contributed by atoms with Crippen molar-refractivity contribution in [3.05, 3.63) is 29.8 Å². The van der Waals surface area contributed by atoms with Gasteiger partial charge in [-0.25, -0.2) is 0 Å². The van der Waals surface area contributed by atoms with Crippen molar-refractivity contribution >= 4 is 11.6 Å². The molecule has 0 heterocycles. The lowest BCUT2D eigenvalue weighted by Gasteiger charge is -2.24. The van der Waals surface area contributed by atoms with Crippen molar-refractivity contribution in [2.45, 2.75) is 52.5 Å². The number of nitrogens with two attached hydrogens (primary N) is 1. The number of hydrogen-bond donors (Lipinski definition) is 2. The van der Waals surface area contributed by atoms with Gasteiger partial charge in [0.2, 0.25) is 5.91 Å². The first kappa shape index (κ1) is 15.7. The van der Waals surface area contributed by atoms with E-state index in [4.69, 9.17) is 5.73 Å². The number of hydrogen-bond acceptors (Lipinski definition) is 2. The van der Waals surface area contributed by atoms with E-state index in [0.29, 0.717) is 0 Å². The zero-order valence-electron chi connectivity index (χ0n) is 12.7. The van der Waals surface area contributed by atoms with Crippen LogP contribution in [0.3, 0.4) is 0 Å².